The molecule has 4 aliphatic heterocycles. The first kappa shape index (κ1) is 48.0. The molecule has 3 saturated heterocycles. The van der Waals surface area contributed by atoms with Crippen LogP contribution in [0.3, 0.4) is 0 Å². The van der Waals surface area contributed by atoms with E-state index in [-0.39, 0.29) is 61.7 Å². The third-order valence-electron chi connectivity index (χ3n) is 13.8. The van der Waals surface area contributed by atoms with E-state index in [1.54, 1.807) is 18.2 Å². The molecule has 16 heteroatoms. The highest BCUT2D eigenvalue weighted by atomic mass is 32.1. The van der Waals surface area contributed by atoms with E-state index in [0.29, 0.717) is 50.3 Å². The molecule has 4 atom stereocenters. The number of Topliss-reactive ketones (excluding diaryl/α,β-unsaturated/α-hetero) is 1. The Bertz CT molecular complexity index is 2600. The SMILES string of the molecule is CCn1c(-c2cccnc2[C@H](C)OC)c2c3cc(ccc31)-c1csc(n1)C[C@H](NC(=O)CCC(=O)[C@H]1CCN(C(=O)C#CC(C)(C)N3CCC3)C1)C(=O)N1CCC[C@H](N1)C(=O)OCC(C)(C)C2. The van der Waals surface area contributed by atoms with Crippen molar-refractivity contribution in [2.24, 2.45) is 11.3 Å². The summed E-state index contributed by atoms with van der Waals surface area (Å²) in [6.45, 7) is 16.1. The third kappa shape index (κ3) is 10.5. The number of methoxy groups -OCH3 is 1. The highest BCUT2D eigenvalue weighted by Gasteiger charge is 2.37. The molecule has 15 nitrogen and oxygen atoms in total. The van der Waals surface area contributed by atoms with E-state index < -0.39 is 35.3 Å². The average molecular weight is 933 g/mol. The monoisotopic (exact) mass is 932 g/mol. The molecule has 0 unspecified atom stereocenters. The Hall–Kier alpha value is -5.47. The number of fused-ring (bicyclic) bond motifs is 6. The van der Waals surface area contributed by atoms with Crippen molar-refractivity contribution in [3.8, 4) is 34.4 Å². The number of aryl methyl sites for hydroxylation is 1. The Morgan fingerprint density at radius 1 is 1.09 bits per heavy atom. The summed E-state index contributed by atoms with van der Waals surface area (Å²) in [5, 5.41) is 8.02. The van der Waals surface area contributed by atoms with E-state index >= 15 is 0 Å². The lowest BCUT2D eigenvalue weighted by Crippen LogP contribution is -2.60. The van der Waals surface area contributed by atoms with Crippen LogP contribution in [0, 0.1) is 23.2 Å². The van der Waals surface area contributed by atoms with Crippen molar-refractivity contribution in [2.75, 3.05) is 46.4 Å². The quantitative estimate of drug-likeness (QED) is 0.144. The molecular formula is C51H64N8O7S. The second kappa shape index (κ2) is 20.0. The van der Waals surface area contributed by atoms with Crippen LogP contribution in [0.4, 0.5) is 0 Å². The van der Waals surface area contributed by atoms with Gasteiger partial charge in [0.2, 0.25) is 5.91 Å². The maximum absolute atomic E-state index is 14.4. The Labute approximate surface area is 397 Å². The number of amides is 3. The molecular weight excluding hydrogens is 869 g/mol. The number of carbonyl (C=O) groups is 5. The number of aromatic nitrogens is 3. The molecule has 3 fully saturated rings. The van der Waals surface area contributed by atoms with Gasteiger partial charge in [-0.05, 0) is 95.5 Å². The lowest BCUT2D eigenvalue weighted by molar-refractivity contribution is -0.155. The normalized spacial score (nSPS) is 21.7. The first-order chi connectivity index (χ1) is 32.1. The van der Waals surface area contributed by atoms with Gasteiger partial charge in [-0.2, -0.15) is 0 Å². The lowest BCUT2D eigenvalue weighted by atomic mass is 9.84. The summed E-state index contributed by atoms with van der Waals surface area (Å²) in [4.78, 5) is 82.0. The Balaban J connectivity index is 1.04. The zero-order valence-electron chi connectivity index (χ0n) is 39.9. The van der Waals surface area contributed by atoms with E-state index in [0.717, 1.165) is 64.2 Å². The van der Waals surface area contributed by atoms with Gasteiger partial charge < -0.3 is 24.3 Å². The molecule has 0 radical (unpaired) electrons. The van der Waals surface area contributed by atoms with Crippen LogP contribution in [0.15, 0.2) is 41.9 Å². The van der Waals surface area contributed by atoms with Crippen LogP contribution >= 0.6 is 11.3 Å². The summed E-state index contributed by atoms with van der Waals surface area (Å²) in [5.41, 5.74) is 8.89. The van der Waals surface area contributed by atoms with Crippen LogP contribution < -0.4 is 10.7 Å². The molecule has 0 spiro atoms. The molecule has 4 aliphatic rings. The summed E-state index contributed by atoms with van der Waals surface area (Å²) in [6, 6.07) is 8.61. The Morgan fingerprint density at radius 3 is 2.64 bits per heavy atom. The number of hydrazine groups is 1. The van der Waals surface area contributed by atoms with Crippen LogP contribution in [-0.2, 0) is 52.8 Å². The fraction of sp³-hybridized carbons (Fsp3) is 0.549. The zero-order chi connectivity index (χ0) is 47.6. The predicted octanol–water partition coefficient (Wildman–Crippen LogP) is 5.89. The van der Waals surface area contributed by atoms with Crippen molar-refractivity contribution >= 4 is 51.7 Å². The van der Waals surface area contributed by atoms with Gasteiger partial charge in [0.25, 0.3) is 11.8 Å². The highest BCUT2D eigenvalue weighted by Crippen LogP contribution is 2.42. The standard InChI is InChI=1S/C51H64N8O7S/c1-8-58-41-15-14-33-26-36(41)37(47(58)35-12-9-21-52-46(35)32(2)65-7)28-50(3,4)31-66-49(64)38-13-10-24-59(55-38)48(63)39(27-44-54-40(33)30-67-44)53-43(61)17-16-42(60)34-19-25-56(29-34)45(62)18-20-51(5,6)57-22-11-23-57/h9,12,14-15,21,26,30,32,34,38-39,55H,8,10-11,13,16-17,19,22-25,27-29,31H2,1-7H3,(H,53,61)/t32-,34-,38-,39-/m0/s1. The number of hydrogen-bond donors (Lipinski definition) is 2. The van der Waals surface area contributed by atoms with E-state index in [1.165, 1.54) is 16.3 Å². The van der Waals surface area contributed by atoms with Crippen molar-refractivity contribution in [1.29, 1.82) is 0 Å². The van der Waals surface area contributed by atoms with Crippen LogP contribution in [0.1, 0.15) is 102 Å². The molecule has 7 heterocycles. The molecule has 8 rings (SSSR count). The first-order valence-corrected chi connectivity index (χ1v) is 24.6. The topological polar surface area (TPSA) is 168 Å². The molecule has 0 aliphatic carbocycles. The summed E-state index contributed by atoms with van der Waals surface area (Å²) < 4.78 is 14.2. The van der Waals surface area contributed by atoms with Crippen LogP contribution in [0.5, 0.6) is 0 Å². The maximum atomic E-state index is 14.4. The second-order valence-electron chi connectivity index (χ2n) is 19.7. The number of ether oxygens (including phenoxy) is 2. The zero-order valence-corrected chi connectivity index (χ0v) is 40.7. The van der Waals surface area contributed by atoms with Crippen molar-refractivity contribution < 1.29 is 33.4 Å². The molecule has 67 heavy (non-hydrogen) atoms. The van der Waals surface area contributed by atoms with Gasteiger partial charge in [0.05, 0.1) is 40.3 Å². The number of ketones is 1. The smallest absolute Gasteiger partial charge is 0.324 e. The fourth-order valence-electron chi connectivity index (χ4n) is 9.72. The van der Waals surface area contributed by atoms with E-state index in [4.69, 9.17) is 19.4 Å². The summed E-state index contributed by atoms with van der Waals surface area (Å²) >= 11 is 1.41. The predicted molar refractivity (Wildman–Crippen MR) is 256 cm³/mol. The van der Waals surface area contributed by atoms with Gasteiger partial charge in [0, 0.05) is 111 Å². The summed E-state index contributed by atoms with van der Waals surface area (Å²) in [7, 11) is 1.68. The number of carbonyl (C=O) groups excluding carboxylic acids is 5. The summed E-state index contributed by atoms with van der Waals surface area (Å²) in [5.74, 6) is 3.84. The largest absolute Gasteiger partial charge is 0.464 e. The van der Waals surface area contributed by atoms with E-state index in [9.17, 15) is 24.0 Å². The fourth-order valence-corrected chi connectivity index (χ4v) is 10.6. The van der Waals surface area contributed by atoms with Gasteiger partial charge in [0.1, 0.15) is 17.9 Å². The minimum Gasteiger partial charge on any atom is -0.464 e. The molecule has 4 aromatic rings. The minimum atomic E-state index is -1.03. The third-order valence-corrected chi connectivity index (χ3v) is 14.7. The minimum absolute atomic E-state index is 0.0276. The number of thiazole rings is 1. The van der Waals surface area contributed by atoms with Crippen LogP contribution in [0.2, 0.25) is 0 Å². The van der Waals surface area contributed by atoms with Crippen molar-refractivity contribution in [1.82, 2.24) is 40.1 Å². The molecule has 0 saturated carbocycles. The molecule has 1 aromatic carbocycles. The van der Waals surface area contributed by atoms with Crippen LogP contribution in [-0.4, -0.2) is 123 Å². The molecule has 3 amide bonds. The summed E-state index contributed by atoms with van der Waals surface area (Å²) in [6.07, 6.45) is 4.74. The van der Waals surface area contributed by atoms with Gasteiger partial charge in [-0.3, -0.25) is 38.9 Å². The number of rotatable bonds is 10. The van der Waals surface area contributed by atoms with Gasteiger partial charge >= 0.3 is 5.97 Å². The van der Waals surface area contributed by atoms with Crippen molar-refractivity contribution in [3.63, 3.8) is 0 Å². The van der Waals surface area contributed by atoms with Gasteiger partial charge in [-0.25, -0.2) is 10.4 Å². The molecule has 6 bridgehead atoms. The number of hydrogen-bond acceptors (Lipinski definition) is 12. The number of benzene rings is 1. The first-order valence-electron chi connectivity index (χ1n) is 23.8. The lowest BCUT2D eigenvalue weighted by Gasteiger charge is -2.41. The molecule has 356 valence electrons. The number of nitrogens with one attached hydrogen (secondary N) is 2. The number of cyclic esters (lactones) is 1. The number of nitrogens with zero attached hydrogens (tertiary/aromatic N) is 6. The Kier molecular flexibility index (Phi) is 14.3. The Morgan fingerprint density at radius 2 is 1.90 bits per heavy atom. The van der Waals surface area contributed by atoms with Gasteiger partial charge in [0.15, 0.2) is 0 Å². The van der Waals surface area contributed by atoms with Crippen molar-refractivity contribution in [2.45, 2.75) is 123 Å². The van der Waals surface area contributed by atoms with Crippen molar-refractivity contribution in [3.05, 3.63) is 58.2 Å². The van der Waals surface area contributed by atoms with E-state index in [1.807, 2.05) is 32.2 Å². The number of pyridine rings is 1. The average Bonchev–Trinajstić information content (AvgIpc) is 4.06. The molecule has 3 aromatic heterocycles. The number of esters is 1. The second-order valence-corrected chi connectivity index (χ2v) is 20.6. The number of likely N-dealkylation sites (tertiary alicyclic amines) is 2. The van der Waals surface area contributed by atoms with E-state index in [2.05, 4.69) is 77.1 Å². The highest BCUT2D eigenvalue weighted by molar-refractivity contribution is 7.10. The van der Waals surface area contributed by atoms with Gasteiger partial charge in [-0.15, -0.1) is 11.3 Å². The van der Waals surface area contributed by atoms with Crippen LogP contribution in [0.25, 0.3) is 33.4 Å². The maximum Gasteiger partial charge on any atom is 0.324 e. The molecule has 2 N–H and O–H groups in total. The van der Waals surface area contributed by atoms with Gasteiger partial charge in [-0.1, -0.05) is 25.8 Å².